The van der Waals surface area contributed by atoms with Crippen molar-refractivity contribution in [3.05, 3.63) is 57.8 Å². The van der Waals surface area contributed by atoms with Crippen molar-refractivity contribution in [2.24, 2.45) is 0 Å². The molecule has 0 aliphatic carbocycles. The van der Waals surface area contributed by atoms with Crippen LogP contribution in [0.15, 0.2) is 35.1 Å². The van der Waals surface area contributed by atoms with Crippen LogP contribution in [0.3, 0.4) is 0 Å². The van der Waals surface area contributed by atoms with Gasteiger partial charge >= 0.3 is 0 Å². The van der Waals surface area contributed by atoms with E-state index in [1.54, 1.807) is 11.7 Å². The molecule has 8 heteroatoms. The number of hydrogen-bond acceptors (Lipinski definition) is 7. The molecule has 0 radical (unpaired) electrons. The lowest BCUT2D eigenvalue weighted by Crippen LogP contribution is -2.34. The summed E-state index contributed by atoms with van der Waals surface area (Å²) in [6.07, 6.45) is 2.89. The molecule has 5 rings (SSSR count). The highest BCUT2D eigenvalue weighted by molar-refractivity contribution is 5.77. The monoisotopic (exact) mass is 420 g/mol. The fourth-order valence-corrected chi connectivity index (χ4v) is 4.75. The Morgan fingerprint density at radius 2 is 2.06 bits per heavy atom. The number of hydrogen-bond donors (Lipinski definition) is 0. The van der Waals surface area contributed by atoms with Crippen molar-refractivity contribution in [1.82, 2.24) is 24.6 Å². The third-order valence-corrected chi connectivity index (χ3v) is 6.37. The number of anilines is 1. The SMILES string of the molecule is COCCn1c(C2CCCN2c2cc3c(nn2)CCN(C)C3)nc2ccccc2c1=O. The van der Waals surface area contributed by atoms with E-state index in [1.165, 1.54) is 5.56 Å². The van der Waals surface area contributed by atoms with Gasteiger partial charge < -0.3 is 14.5 Å². The van der Waals surface area contributed by atoms with Crippen LogP contribution < -0.4 is 10.5 Å². The Balaban J connectivity index is 1.58. The van der Waals surface area contributed by atoms with Gasteiger partial charge in [-0.25, -0.2) is 4.98 Å². The Morgan fingerprint density at radius 3 is 2.94 bits per heavy atom. The van der Waals surface area contributed by atoms with E-state index in [1.807, 2.05) is 24.3 Å². The topological polar surface area (TPSA) is 76.4 Å². The molecule has 1 atom stereocenters. The van der Waals surface area contributed by atoms with E-state index in [0.29, 0.717) is 18.5 Å². The highest BCUT2D eigenvalue weighted by atomic mass is 16.5. The van der Waals surface area contributed by atoms with Crippen LogP contribution in [-0.2, 0) is 24.2 Å². The van der Waals surface area contributed by atoms with Gasteiger partial charge in [-0.3, -0.25) is 9.36 Å². The van der Waals surface area contributed by atoms with Gasteiger partial charge in [0.15, 0.2) is 5.82 Å². The Labute approximate surface area is 181 Å². The van der Waals surface area contributed by atoms with Crippen LogP contribution in [0.25, 0.3) is 10.9 Å². The number of rotatable bonds is 5. The molecule has 1 aromatic carbocycles. The summed E-state index contributed by atoms with van der Waals surface area (Å²) in [5.74, 6) is 1.66. The summed E-state index contributed by atoms with van der Waals surface area (Å²) in [7, 11) is 3.79. The molecule has 4 heterocycles. The van der Waals surface area contributed by atoms with Crippen molar-refractivity contribution in [2.75, 3.05) is 38.8 Å². The molecule has 0 bridgehead atoms. The zero-order valence-electron chi connectivity index (χ0n) is 18.1. The molecule has 1 fully saturated rings. The van der Waals surface area contributed by atoms with Crippen LogP contribution in [0.5, 0.6) is 0 Å². The summed E-state index contributed by atoms with van der Waals surface area (Å²) in [6, 6.07) is 9.73. The highest BCUT2D eigenvalue weighted by Crippen LogP contribution is 2.35. The van der Waals surface area contributed by atoms with E-state index in [9.17, 15) is 4.79 Å². The average molecular weight is 421 g/mol. The van der Waals surface area contributed by atoms with Crippen LogP contribution in [0, 0.1) is 0 Å². The largest absolute Gasteiger partial charge is 0.383 e. The lowest BCUT2D eigenvalue weighted by molar-refractivity contribution is 0.184. The first-order valence-electron chi connectivity index (χ1n) is 10.9. The average Bonchev–Trinajstić information content (AvgIpc) is 3.27. The number of likely N-dealkylation sites (N-methyl/N-ethyl adjacent to an activating group) is 1. The van der Waals surface area contributed by atoms with E-state index in [0.717, 1.165) is 61.7 Å². The van der Waals surface area contributed by atoms with E-state index < -0.39 is 0 Å². The van der Waals surface area contributed by atoms with Gasteiger partial charge in [0.25, 0.3) is 5.56 Å². The fraction of sp³-hybridized carbons (Fsp3) is 0.478. The maximum Gasteiger partial charge on any atom is 0.261 e. The summed E-state index contributed by atoms with van der Waals surface area (Å²) in [5, 5.41) is 9.75. The number of para-hydroxylation sites is 1. The standard InChI is InChI=1S/C23H28N6O2/c1-27-11-9-18-16(15-27)14-21(26-25-18)28-10-5-8-20(28)22-24-19-7-4-3-6-17(19)23(30)29(22)12-13-31-2/h3-4,6-7,14,20H,5,8-13,15H2,1-2H3. The second-order valence-electron chi connectivity index (χ2n) is 8.45. The van der Waals surface area contributed by atoms with Crippen LogP contribution in [0.2, 0.25) is 0 Å². The number of ether oxygens (including phenoxy) is 1. The smallest absolute Gasteiger partial charge is 0.261 e. The summed E-state index contributed by atoms with van der Waals surface area (Å²) in [6.45, 7) is 3.72. The predicted molar refractivity (Wildman–Crippen MR) is 119 cm³/mol. The van der Waals surface area contributed by atoms with Gasteiger partial charge in [0.1, 0.15) is 5.82 Å². The highest BCUT2D eigenvalue weighted by Gasteiger charge is 2.32. The predicted octanol–water partition coefficient (Wildman–Crippen LogP) is 2.16. The van der Waals surface area contributed by atoms with Gasteiger partial charge in [-0.2, -0.15) is 5.10 Å². The molecular formula is C23H28N6O2. The number of aromatic nitrogens is 4. The van der Waals surface area contributed by atoms with Gasteiger partial charge in [0.05, 0.1) is 35.8 Å². The molecule has 2 aromatic heterocycles. The summed E-state index contributed by atoms with van der Waals surface area (Å²) in [5.41, 5.74) is 3.06. The normalized spacial score (nSPS) is 19.2. The Kier molecular flexibility index (Phi) is 5.41. The van der Waals surface area contributed by atoms with Gasteiger partial charge in [0.2, 0.25) is 0 Å². The quantitative estimate of drug-likeness (QED) is 0.626. The molecule has 0 N–H and O–H groups in total. The van der Waals surface area contributed by atoms with Crippen molar-refractivity contribution >= 4 is 16.7 Å². The zero-order chi connectivity index (χ0) is 21.4. The molecule has 3 aromatic rings. The van der Waals surface area contributed by atoms with Crippen molar-refractivity contribution < 1.29 is 4.74 Å². The molecule has 162 valence electrons. The van der Waals surface area contributed by atoms with Gasteiger partial charge in [-0.15, -0.1) is 5.10 Å². The van der Waals surface area contributed by atoms with Crippen molar-refractivity contribution in [1.29, 1.82) is 0 Å². The van der Waals surface area contributed by atoms with Gasteiger partial charge in [-0.05, 0) is 43.7 Å². The van der Waals surface area contributed by atoms with Crippen molar-refractivity contribution in [2.45, 2.75) is 38.4 Å². The van der Waals surface area contributed by atoms with Crippen LogP contribution in [-0.4, -0.2) is 58.5 Å². The molecule has 0 saturated carbocycles. The van der Waals surface area contributed by atoms with E-state index >= 15 is 0 Å². The molecule has 31 heavy (non-hydrogen) atoms. The number of nitrogens with zero attached hydrogens (tertiary/aromatic N) is 6. The molecule has 1 unspecified atom stereocenters. The zero-order valence-corrected chi connectivity index (χ0v) is 18.1. The van der Waals surface area contributed by atoms with Crippen molar-refractivity contribution in [3.63, 3.8) is 0 Å². The molecule has 2 aliphatic heterocycles. The minimum Gasteiger partial charge on any atom is -0.383 e. The summed E-state index contributed by atoms with van der Waals surface area (Å²) >= 11 is 0. The summed E-state index contributed by atoms with van der Waals surface area (Å²) in [4.78, 5) is 22.8. The first kappa shape index (κ1) is 20.1. The first-order chi connectivity index (χ1) is 15.2. The Bertz CT molecular complexity index is 1160. The third kappa shape index (κ3) is 3.70. The molecule has 2 aliphatic rings. The van der Waals surface area contributed by atoms with Crippen LogP contribution >= 0.6 is 0 Å². The van der Waals surface area contributed by atoms with E-state index in [-0.39, 0.29) is 11.6 Å². The minimum atomic E-state index is -0.0114. The second-order valence-corrected chi connectivity index (χ2v) is 8.45. The maximum absolute atomic E-state index is 13.3. The second kappa shape index (κ2) is 8.36. The number of fused-ring (bicyclic) bond motifs is 2. The third-order valence-electron chi connectivity index (χ3n) is 6.37. The number of methoxy groups -OCH3 is 1. The van der Waals surface area contributed by atoms with Crippen LogP contribution in [0.1, 0.15) is 36.0 Å². The molecule has 8 nitrogen and oxygen atoms in total. The molecule has 0 spiro atoms. The van der Waals surface area contributed by atoms with E-state index in [4.69, 9.17) is 9.72 Å². The van der Waals surface area contributed by atoms with Gasteiger partial charge in [0, 0.05) is 33.2 Å². The Hall–Kier alpha value is -2.84. The lowest BCUT2D eigenvalue weighted by atomic mass is 10.1. The fourth-order valence-electron chi connectivity index (χ4n) is 4.75. The minimum absolute atomic E-state index is 0.0113. The first-order valence-corrected chi connectivity index (χ1v) is 10.9. The van der Waals surface area contributed by atoms with E-state index in [2.05, 4.69) is 33.1 Å². The molecule has 1 saturated heterocycles. The molecular weight excluding hydrogens is 392 g/mol. The van der Waals surface area contributed by atoms with Crippen molar-refractivity contribution in [3.8, 4) is 0 Å². The molecule has 0 amide bonds. The van der Waals surface area contributed by atoms with Crippen LogP contribution in [0.4, 0.5) is 5.82 Å². The Morgan fingerprint density at radius 1 is 1.19 bits per heavy atom. The summed E-state index contributed by atoms with van der Waals surface area (Å²) < 4.78 is 7.07. The lowest BCUT2D eigenvalue weighted by Gasteiger charge is -2.29. The number of benzene rings is 1. The maximum atomic E-state index is 13.3. The van der Waals surface area contributed by atoms with Gasteiger partial charge in [-0.1, -0.05) is 12.1 Å².